The Morgan fingerprint density at radius 3 is 3.00 bits per heavy atom. The molecule has 0 saturated carbocycles. The van der Waals surface area contributed by atoms with E-state index in [0.29, 0.717) is 5.82 Å². The van der Waals surface area contributed by atoms with Crippen molar-refractivity contribution in [3.63, 3.8) is 0 Å². The first-order chi connectivity index (χ1) is 5.36. The van der Waals surface area contributed by atoms with Crippen LogP contribution in [0.2, 0.25) is 0 Å². The zero-order valence-corrected chi connectivity index (χ0v) is 5.89. The molecule has 2 heterocycles. The molecule has 0 atom stereocenters. The highest BCUT2D eigenvalue weighted by Crippen LogP contribution is 2.08. The molecule has 0 fully saturated rings. The van der Waals surface area contributed by atoms with Gasteiger partial charge in [0.05, 0.1) is 18.8 Å². The molecular formula is C5H6N6. The summed E-state index contributed by atoms with van der Waals surface area (Å²) < 4.78 is 0. The molecule has 0 aliphatic carbocycles. The van der Waals surface area contributed by atoms with Crippen LogP contribution in [-0.2, 0) is 7.05 Å². The quantitative estimate of drug-likeness (QED) is 0.600. The number of aromatic amines is 1. The van der Waals surface area contributed by atoms with E-state index in [2.05, 4.69) is 25.6 Å². The number of aromatic nitrogens is 6. The third kappa shape index (κ3) is 0.977. The second-order valence-corrected chi connectivity index (χ2v) is 2.09. The predicted molar refractivity (Wildman–Crippen MR) is 36.4 cm³/mol. The van der Waals surface area contributed by atoms with Crippen molar-refractivity contribution < 1.29 is 0 Å². The van der Waals surface area contributed by atoms with Crippen molar-refractivity contribution in [1.29, 1.82) is 0 Å². The Hall–Kier alpha value is -1.72. The minimum absolute atomic E-state index is 0.584. The van der Waals surface area contributed by atoms with Crippen molar-refractivity contribution in [3.05, 3.63) is 12.4 Å². The highest BCUT2D eigenvalue weighted by atomic mass is 15.6. The summed E-state index contributed by atoms with van der Waals surface area (Å²) in [6.45, 7) is 0. The summed E-state index contributed by atoms with van der Waals surface area (Å²) >= 11 is 0. The molecule has 0 aromatic carbocycles. The minimum atomic E-state index is 0.584. The first kappa shape index (κ1) is 6.02. The van der Waals surface area contributed by atoms with Crippen LogP contribution in [-0.4, -0.2) is 30.4 Å². The molecule has 0 saturated heterocycles. The smallest absolute Gasteiger partial charge is 0.208 e. The zero-order valence-electron chi connectivity index (χ0n) is 5.89. The maximum Gasteiger partial charge on any atom is 0.208 e. The molecule has 0 unspecified atom stereocenters. The SMILES string of the molecule is Cn1nnc(-c2cn[nH]c2)n1. The monoisotopic (exact) mass is 150 g/mol. The molecule has 2 aromatic rings. The van der Waals surface area contributed by atoms with Crippen molar-refractivity contribution >= 4 is 0 Å². The van der Waals surface area contributed by atoms with Crippen LogP contribution in [0, 0.1) is 0 Å². The standard InChI is InChI=1S/C5H6N6/c1-11-9-5(8-10-11)4-2-6-7-3-4/h2-3H,1H3,(H,6,7). The van der Waals surface area contributed by atoms with E-state index in [1.807, 2.05) is 0 Å². The molecule has 0 amide bonds. The van der Waals surface area contributed by atoms with Gasteiger partial charge in [-0.2, -0.15) is 9.90 Å². The molecule has 6 heteroatoms. The summed E-state index contributed by atoms with van der Waals surface area (Å²) in [7, 11) is 1.72. The Bertz CT molecular complexity index is 333. The third-order valence-corrected chi connectivity index (χ3v) is 1.26. The third-order valence-electron chi connectivity index (χ3n) is 1.26. The molecule has 0 bridgehead atoms. The first-order valence-electron chi connectivity index (χ1n) is 3.09. The molecule has 2 rings (SSSR count). The lowest BCUT2D eigenvalue weighted by Crippen LogP contribution is -1.91. The summed E-state index contributed by atoms with van der Waals surface area (Å²) in [4.78, 5) is 1.41. The molecule has 0 spiro atoms. The Morgan fingerprint density at radius 1 is 1.55 bits per heavy atom. The van der Waals surface area contributed by atoms with Gasteiger partial charge in [-0.25, -0.2) is 0 Å². The molecule has 0 radical (unpaired) electrons. The van der Waals surface area contributed by atoms with E-state index in [1.54, 1.807) is 19.4 Å². The Balaban J connectivity index is 2.45. The molecule has 1 N–H and O–H groups in total. The fourth-order valence-corrected chi connectivity index (χ4v) is 0.773. The van der Waals surface area contributed by atoms with Gasteiger partial charge in [0.15, 0.2) is 0 Å². The van der Waals surface area contributed by atoms with Gasteiger partial charge in [-0.15, -0.1) is 10.2 Å². The van der Waals surface area contributed by atoms with E-state index in [9.17, 15) is 0 Å². The highest BCUT2D eigenvalue weighted by Gasteiger charge is 2.03. The summed E-state index contributed by atoms with van der Waals surface area (Å²) in [6, 6.07) is 0. The number of nitrogens with zero attached hydrogens (tertiary/aromatic N) is 5. The van der Waals surface area contributed by atoms with Gasteiger partial charge in [0.1, 0.15) is 0 Å². The summed E-state index contributed by atoms with van der Waals surface area (Å²) in [5, 5.41) is 17.9. The maximum absolute atomic E-state index is 3.99. The molecule has 0 aliphatic heterocycles. The van der Waals surface area contributed by atoms with Crippen molar-refractivity contribution in [3.8, 4) is 11.4 Å². The van der Waals surface area contributed by atoms with Gasteiger partial charge in [-0.05, 0) is 5.21 Å². The van der Waals surface area contributed by atoms with Gasteiger partial charge in [-0.1, -0.05) is 0 Å². The number of nitrogens with one attached hydrogen (secondary N) is 1. The Morgan fingerprint density at radius 2 is 2.45 bits per heavy atom. The van der Waals surface area contributed by atoms with E-state index in [4.69, 9.17) is 0 Å². The van der Waals surface area contributed by atoms with E-state index < -0.39 is 0 Å². The Kier molecular flexibility index (Phi) is 1.18. The van der Waals surface area contributed by atoms with Gasteiger partial charge in [0, 0.05) is 6.20 Å². The van der Waals surface area contributed by atoms with Crippen LogP contribution in [0.15, 0.2) is 12.4 Å². The zero-order chi connectivity index (χ0) is 7.68. The van der Waals surface area contributed by atoms with Gasteiger partial charge in [0.2, 0.25) is 5.82 Å². The fraction of sp³-hybridized carbons (Fsp3) is 0.200. The molecule has 11 heavy (non-hydrogen) atoms. The van der Waals surface area contributed by atoms with Crippen molar-refractivity contribution in [2.45, 2.75) is 0 Å². The largest absolute Gasteiger partial charge is 0.285 e. The topological polar surface area (TPSA) is 72.3 Å². The second kappa shape index (κ2) is 2.15. The van der Waals surface area contributed by atoms with E-state index >= 15 is 0 Å². The molecule has 0 aliphatic rings. The van der Waals surface area contributed by atoms with Crippen molar-refractivity contribution in [1.82, 2.24) is 30.4 Å². The van der Waals surface area contributed by atoms with Crippen molar-refractivity contribution in [2.24, 2.45) is 7.05 Å². The lowest BCUT2D eigenvalue weighted by atomic mass is 10.3. The average molecular weight is 150 g/mol. The summed E-state index contributed by atoms with van der Waals surface area (Å²) in [6.07, 6.45) is 3.37. The average Bonchev–Trinajstić information content (AvgIpc) is 2.55. The number of rotatable bonds is 1. The Labute approximate surface area is 62.2 Å². The van der Waals surface area contributed by atoms with E-state index in [0.717, 1.165) is 5.56 Å². The second-order valence-electron chi connectivity index (χ2n) is 2.09. The lowest BCUT2D eigenvalue weighted by Gasteiger charge is -1.80. The van der Waals surface area contributed by atoms with E-state index in [1.165, 1.54) is 4.80 Å². The first-order valence-corrected chi connectivity index (χ1v) is 3.09. The number of hydrogen-bond donors (Lipinski definition) is 1. The number of H-pyrrole nitrogens is 1. The van der Waals surface area contributed by atoms with Crippen LogP contribution in [0.25, 0.3) is 11.4 Å². The molecule has 6 nitrogen and oxygen atoms in total. The fourth-order valence-electron chi connectivity index (χ4n) is 0.773. The van der Waals surface area contributed by atoms with Gasteiger partial charge >= 0.3 is 0 Å². The summed E-state index contributed by atoms with van der Waals surface area (Å²) in [5.41, 5.74) is 0.845. The van der Waals surface area contributed by atoms with Gasteiger partial charge in [-0.3, -0.25) is 5.10 Å². The van der Waals surface area contributed by atoms with Crippen LogP contribution < -0.4 is 0 Å². The maximum atomic E-state index is 3.99. The van der Waals surface area contributed by atoms with Crippen LogP contribution in [0.5, 0.6) is 0 Å². The molecule has 2 aromatic heterocycles. The molecular weight excluding hydrogens is 144 g/mol. The van der Waals surface area contributed by atoms with Gasteiger partial charge in [0.25, 0.3) is 0 Å². The van der Waals surface area contributed by atoms with Crippen LogP contribution >= 0.6 is 0 Å². The van der Waals surface area contributed by atoms with Crippen molar-refractivity contribution in [2.75, 3.05) is 0 Å². The van der Waals surface area contributed by atoms with Crippen LogP contribution in [0.3, 0.4) is 0 Å². The van der Waals surface area contributed by atoms with Crippen LogP contribution in [0.1, 0.15) is 0 Å². The predicted octanol–water partition coefficient (Wildman–Crippen LogP) is -0.400. The molecule has 56 valence electrons. The normalized spacial score (nSPS) is 10.3. The van der Waals surface area contributed by atoms with E-state index in [-0.39, 0.29) is 0 Å². The number of aryl methyl sites for hydroxylation is 1. The van der Waals surface area contributed by atoms with Crippen LogP contribution in [0.4, 0.5) is 0 Å². The minimum Gasteiger partial charge on any atom is -0.285 e. The number of tetrazole rings is 1. The summed E-state index contributed by atoms with van der Waals surface area (Å²) in [5.74, 6) is 0.584. The van der Waals surface area contributed by atoms with Gasteiger partial charge < -0.3 is 0 Å². The number of hydrogen-bond acceptors (Lipinski definition) is 4. The lowest BCUT2D eigenvalue weighted by molar-refractivity contribution is 0.630. The highest BCUT2D eigenvalue weighted by molar-refractivity contribution is 5.49.